The summed E-state index contributed by atoms with van der Waals surface area (Å²) in [4.78, 5) is 39.2. The smallest absolute Gasteiger partial charge is 0.339 e. The molecule has 0 spiro atoms. The molecule has 0 saturated carbocycles. The molecule has 1 N–H and O–H groups in total. The van der Waals surface area contributed by atoms with Gasteiger partial charge in [-0.1, -0.05) is 48.5 Å². The third-order valence-corrected chi connectivity index (χ3v) is 5.69. The number of hydrogen-bond acceptors (Lipinski definition) is 5. The van der Waals surface area contributed by atoms with Crippen molar-refractivity contribution in [3.05, 3.63) is 83.4 Å². The molecule has 0 unspecified atom stereocenters. The van der Waals surface area contributed by atoms with Crippen LogP contribution in [0, 0.1) is 0 Å². The number of fused-ring (bicyclic) bond motifs is 2. The Balaban J connectivity index is 1.79. The molecule has 0 radical (unpaired) electrons. The van der Waals surface area contributed by atoms with Crippen LogP contribution in [-0.4, -0.2) is 41.5 Å². The Hall–Kier alpha value is -3.25. The van der Waals surface area contributed by atoms with Gasteiger partial charge in [-0.2, -0.15) is 0 Å². The van der Waals surface area contributed by atoms with Crippen molar-refractivity contribution in [2.45, 2.75) is 37.5 Å². The summed E-state index contributed by atoms with van der Waals surface area (Å²) >= 11 is 0. The van der Waals surface area contributed by atoms with Crippen molar-refractivity contribution < 1.29 is 23.9 Å². The average Bonchev–Trinajstić information content (AvgIpc) is 2.75. The molecule has 0 aromatic heterocycles. The first-order chi connectivity index (χ1) is 14.4. The topological polar surface area (TPSA) is 81.7 Å². The van der Waals surface area contributed by atoms with Crippen molar-refractivity contribution in [3.63, 3.8) is 0 Å². The first-order valence-corrected chi connectivity index (χ1v) is 9.95. The molecule has 1 amide bonds. The maximum Gasteiger partial charge on any atom is 0.339 e. The third-order valence-electron chi connectivity index (χ3n) is 5.69. The second-order valence-corrected chi connectivity index (χ2v) is 7.71. The second-order valence-electron chi connectivity index (χ2n) is 7.71. The predicted molar refractivity (Wildman–Crippen MR) is 110 cm³/mol. The highest BCUT2D eigenvalue weighted by Crippen LogP contribution is 2.46. The number of esters is 1. The van der Waals surface area contributed by atoms with Gasteiger partial charge in [0.1, 0.15) is 5.60 Å². The highest BCUT2D eigenvalue weighted by molar-refractivity contribution is 6.12. The van der Waals surface area contributed by atoms with Gasteiger partial charge in [-0.3, -0.25) is 9.59 Å². The fourth-order valence-corrected chi connectivity index (χ4v) is 4.13. The lowest BCUT2D eigenvalue weighted by molar-refractivity contribution is -0.189. The highest BCUT2D eigenvalue weighted by atomic mass is 16.6. The number of amides is 1. The van der Waals surface area contributed by atoms with Gasteiger partial charge >= 0.3 is 5.97 Å². The van der Waals surface area contributed by atoms with Crippen molar-refractivity contribution in [1.82, 2.24) is 5.32 Å². The molecular formula is C24H23NO5. The summed E-state index contributed by atoms with van der Waals surface area (Å²) in [6.07, 6.45) is 1.17. The van der Waals surface area contributed by atoms with E-state index in [1.807, 2.05) is 13.0 Å². The molecule has 154 valence electrons. The van der Waals surface area contributed by atoms with E-state index in [2.05, 4.69) is 5.32 Å². The second kappa shape index (κ2) is 7.54. The number of ketones is 1. The van der Waals surface area contributed by atoms with Crippen molar-refractivity contribution in [2.75, 3.05) is 6.61 Å². The van der Waals surface area contributed by atoms with E-state index < -0.39 is 29.1 Å². The fourth-order valence-electron chi connectivity index (χ4n) is 4.13. The molecule has 1 aliphatic carbocycles. The standard InChI is InChI=1S/C24H23NO5/c1-3-29-19-15-23(2)18(20(26)16-10-6-4-7-11-16)14-24(19,22(28)30-23)25-21(27)17-12-8-5-9-13-17/h4-14,19H,3,15H2,1-2H3,(H,25,27)/t19-,23-,24+/m0/s1. The van der Waals surface area contributed by atoms with Crippen LogP contribution in [0.1, 0.15) is 41.0 Å². The molecule has 1 saturated heterocycles. The van der Waals surface area contributed by atoms with Crippen LogP contribution in [-0.2, 0) is 14.3 Å². The van der Waals surface area contributed by atoms with Gasteiger partial charge in [0.2, 0.25) is 0 Å². The number of carbonyl (C=O) groups is 3. The van der Waals surface area contributed by atoms with Gasteiger partial charge < -0.3 is 14.8 Å². The predicted octanol–water partition coefficient (Wildman–Crippen LogP) is 3.09. The molecule has 1 fully saturated rings. The monoisotopic (exact) mass is 405 g/mol. The van der Waals surface area contributed by atoms with Crippen LogP contribution < -0.4 is 5.32 Å². The quantitative estimate of drug-likeness (QED) is 0.590. The summed E-state index contributed by atoms with van der Waals surface area (Å²) in [5.41, 5.74) is -1.45. The van der Waals surface area contributed by atoms with Crippen molar-refractivity contribution in [1.29, 1.82) is 0 Å². The normalized spacial score (nSPS) is 27.2. The fraction of sp³-hybridized carbons (Fsp3) is 0.292. The van der Waals surface area contributed by atoms with Crippen molar-refractivity contribution in [2.24, 2.45) is 0 Å². The Kier molecular flexibility index (Phi) is 5.03. The average molecular weight is 405 g/mol. The van der Waals surface area contributed by atoms with Gasteiger partial charge in [0.05, 0.1) is 6.10 Å². The van der Waals surface area contributed by atoms with Gasteiger partial charge in [-0.15, -0.1) is 0 Å². The van der Waals surface area contributed by atoms with E-state index in [9.17, 15) is 14.4 Å². The molecule has 2 heterocycles. The van der Waals surface area contributed by atoms with Gasteiger partial charge in [0.15, 0.2) is 11.3 Å². The lowest BCUT2D eigenvalue weighted by atomic mass is 9.68. The number of Topliss-reactive ketones (excluding diaryl/α,β-unsaturated/α-hetero) is 1. The molecule has 2 aliphatic heterocycles. The van der Waals surface area contributed by atoms with Gasteiger partial charge in [0, 0.05) is 29.7 Å². The highest BCUT2D eigenvalue weighted by Gasteiger charge is 2.63. The van der Waals surface area contributed by atoms with Gasteiger partial charge in [-0.25, -0.2) is 4.79 Å². The summed E-state index contributed by atoms with van der Waals surface area (Å²) in [5.74, 6) is -1.30. The Morgan fingerprint density at radius 2 is 1.67 bits per heavy atom. The Bertz CT molecular complexity index is 1020. The largest absolute Gasteiger partial charge is 0.452 e. The molecule has 2 bridgehead atoms. The lowest BCUT2D eigenvalue weighted by Crippen LogP contribution is -2.72. The Morgan fingerprint density at radius 3 is 2.27 bits per heavy atom. The maximum atomic E-state index is 13.3. The molecule has 6 heteroatoms. The first kappa shape index (κ1) is 20.0. The SMILES string of the molecule is CCO[C@H]1C[C@]2(C)OC(=O)[C@@]1(NC(=O)c1ccccc1)C=C2C(=O)c1ccccc1. The summed E-state index contributed by atoms with van der Waals surface area (Å²) in [6, 6.07) is 17.4. The van der Waals surface area contributed by atoms with Crippen LogP contribution in [0.2, 0.25) is 0 Å². The van der Waals surface area contributed by atoms with Crippen LogP contribution in [0.4, 0.5) is 0 Å². The zero-order valence-corrected chi connectivity index (χ0v) is 16.9. The minimum absolute atomic E-state index is 0.237. The molecule has 6 nitrogen and oxygen atoms in total. The summed E-state index contributed by atoms with van der Waals surface area (Å²) < 4.78 is 11.6. The third kappa shape index (κ3) is 3.23. The first-order valence-electron chi connectivity index (χ1n) is 9.95. The van der Waals surface area contributed by atoms with E-state index in [0.29, 0.717) is 23.3 Å². The van der Waals surface area contributed by atoms with Crippen molar-refractivity contribution >= 4 is 17.7 Å². The minimum Gasteiger partial charge on any atom is -0.452 e. The molecular weight excluding hydrogens is 382 g/mol. The summed E-state index contributed by atoms with van der Waals surface area (Å²) in [6.45, 7) is 3.89. The zero-order chi connectivity index (χ0) is 21.4. The molecule has 3 aliphatic rings. The lowest BCUT2D eigenvalue weighted by Gasteiger charge is -2.52. The number of hydrogen-bond donors (Lipinski definition) is 1. The molecule has 5 rings (SSSR count). The van der Waals surface area contributed by atoms with Gasteiger partial charge in [0.25, 0.3) is 5.91 Å². The van der Waals surface area contributed by atoms with Crippen LogP contribution in [0.5, 0.6) is 0 Å². The zero-order valence-electron chi connectivity index (χ0n) is 16.9. The van der Waals surface area contributed by atoms with Crippen LogP contribution in [0.15, 0.2) is 72.3 Å². The number of rotatable bonds is 6. The molecule has 2 aromatic rings. The Labute approximate surface area is 174 Å². The van der Waals surface area contributed by atoms with E-state index in [0.717, 1.165) is 0 Å². The molecule has 30 heavy (non-hydrogen) atoms. The molecule has 2 aromatic carbocycles. The van der Waals surface area contributed by atoms with E-state index in [1.54, 1.807) is 67.6 Å². The van der Waals surface area contributed by atoms with Crippen molar-refractivity contribution in [3.8, 4) is 0 Å². The van der Waals surface area contributed by atoms with E-state index >= 15 is 0 Å². The Morgan fingerprint density at radius 1 is 1.07 bits per heavy atom. The molecule has 3 atom stereocenters. The van der Waals surface area contributed by atoms with E-state index in [-0.39, 0.29) is 12.2 Å². The number of ether oxygens (including phenoxy) is 2. The van der Waals surface area contributed by atoms with E-state index in [1.165, 1.54) is 0 Å². The summed E-state index contributed by atoms with van der Waals surface area (Å²) in [5, 5.41) is 2.81. The maximum absolute atomic E-state index is 13.3. The van der Waals surface area contributed by atoms with Crippen LogP contribution in [0.25, 0.3) is 0 Å². The summed E-state index contributed by atoms with van der Waals surface area (Å²) in [7, 11) is 0. The minimum atomic E-state index is -1.57. The number of nitrogens with one attached hydrogen (secondary N) is 1. The van der Waals surface area contributed by atoms with E-state index in [4.69, 9.17) is 9.47 Å². The number of carbonyl (C=O) groups excluding carboxylic acids is 3. The van der Waals surface area contributed by atoms with Crippen LogP contribution >= 0.6 is 0 Å². The van der Waals surface area contributed by atoms with Gasteiger partial charge in [-0.05, 0) is 32.1 Å². The number of benzene rings is 2. The van der Waals surface area contributed by atoms with Crippen LogP contribution in [0.3, 0.4) is 0 Å².